The van der Waals surface area contributed by atoms with Crippen molar-refractivity contribution in [2.75, 3.05) is 0 Å². The van der Waals surface area contributed by atoms with Gasteiger partial charge < -0.3 is 10.7 Å². The van der Waals surface area contributed by atoms with E-state index in [2.05, 4.69) is 9.97 Å². The van der Waals surface area contributed by atoms with Crippen molar-refractivity contribution >= 4 is 22.5 Å². The molecule has 0 saturated carbocycles. The number of H-pyrrole nitrogens is 1. The van der Waals surface area contributed by atoms with E-state index in [1.165, 1.54) is 12.1 Å². The van der Waals surface area contributed by atoms with E-state index in [4.69, 9.17) is 17.3 Å². The van der Waals surface area contributed by atoms with Gasteiger partial charge in [0.2, 0.25) is 0 Å². The van der Waals surface area contributed by atoms with Gasteiger partial charge in [0.05, 0.1) is 17.3 Å². The van der Waals surface area contributed by atoms with Crippen LogP contribution in [0.2, 0.25) is 5.15 Å². The SMILES string of the molecule is Cc1[nH]c2c(C(N)Cc3ccc(F)cc3)nc(Cl)cc2c1C. The highest BCUT2D eigenvalue weighted by Crippen LogP contribution is 2.29. The lowest BCUT2D eigenvalue weighted by atomic mass is 10.0. The normalized spacial score (nSPS) is 12.8. The Morgan fingerprint density at radius 2 is 1.95 bits per heavy atom. The number of nitrogens with one attached hydrogen (secondary N) is 1. The molecule has 1 atom stereocenters. The van der Waals surface area contributed by atoms with E-state index in [1.807, 2.05) is 19.9 Å². The Kier molecular flexibility index (Phi) is 3.89. The van der Waals surface area contributed by atoms with Crippen LogP contribution in [0.25, 0.3) is 10.9 Å². The molecule has 0 fully saturated rings. The number of aryl methyl sites for hydroxylation is 2. The summed E-state index contributed by atoms with van der Waals surface area (Å²) in [6.45, 7) is 4.05. The maximum Gasteiger partial charge on any atom is 0.130 e. The molecule has 1 aromatic carbocycles. The molecule has 5 heteroatoms. The molecule has 2 heterocycles. The Hall–Kier alpha value is -1.91. The third-order valence-corrected chi connectivity index (χ3v) is 4.21. The first kappa shape index (κ1) is 15.0. The van der Waals surface area contributed by atoms with Crippen molar-refractivity contribution in [3.8, 4) is 0 Å². The minimum atomic E-state index is -0.316. The fraction of sp³-hybridized carbons (Fsp3) is 0.235. The molecule has 3 nitrogen and oxygen atoms in total. The summed E-state index contributed by atoms with van der Waals surface area (Å²) in [5.74, 6) is -0.254. The molecule has 0 aliphatic rings. The summed E-state index contributed by atoms with van der Waals surface area (Å²) in [5, 5.41) is 1.47. The lowest BCUT2D eigenvalue weighted by molar-refractivity contribution is 0.625. The van der Waals surface area contributed by atoms with Gasteiger partial charge >= 0.3 is 0 Å². The second-order valence-corrected chi connectivity index (χ2v) is 5.95. The number of benzene rings is 1. The molecule has 0 amide bonds. The Balaban J connectivity index is 2.01. The zero-order valence-electron chi connectivity index (χ0n) is 12.5. The summed E-state index contributed by atoms with van der Waals surface area (Å²) < 4.78 is 13.0. The molecule has 3 aromatic rings. The van der Waals surface area contributed by atoms with Crippen LogP contribution >= 0.6 is 11.6 Å². The molecule has 2 aromatic heterocycles. The van der Waals surface area contributed by atoms with Crippen molar-refractivity contribution in [1.29, 1.82) is 0 Å². The van der Waals surface area contributed by atoms with Crippen LogP contribution in [-0.4, -0.2) is 9.97 Å². The van der Waals surface area contributed by atoms with Crippen molar-refractivity contribution in [3.63, 3.8) is 0 Å². The van der Waals surface area contributed by atoms with Crippen molar-refractivity contribution in [3.05, 3.63) is 63.8 Å². The number of aromatic nitrogens is 2. The molecule has 0 saturated heterocycles. The summed E-state index contributed by atoms with van der Waals surface area (Å²) in [5.41, 5.74) is 11.2. The summed E-state index contributed by atoms with van der Waals surface area (Å²) in [7, 11) is 0. The average molecular weight is 318 g/mol. The smallest absolute Gasteiger partial charge is 0.130 e. The number of hydrogen-bond acceptors (Lipinski definition) is 2. The lowest BCUT2D eigenvalue weighted by Crippen LogP contribution is -2.15. The van der Waals surface area contributed by atoms with Crippen LogP contribution < -0.4 is 5.73 Å². The summed E-state index contributed by atoms with van der Waals surface area (Å²) >= 11 is 6.14. The minimum absolute atomic E-state index is 0.254. The van der Waals surface area contributed by atoms with Crippen molar-refractivity contribution < 1.29 is 4.39 Å². The van der Waals surface area contributed by atoms with Crippen LogP contribution in [0.5, 0.6) is 0 Å². The second kappa shape index (κ2) is 5.71. The van der Waals surface area contributed by atoms with Gasteiger partial charge in [0.25, 0.3) is 0 Å². The van der Waals surface area contributed by atoms with E-state index in [1.54, 1.807) is 12.1 Å². The molecular weight excluding hydrogens is 301 g/mol. The van der Waals surface area contributed by atoms with Crippen molar-refractivity contribution in [1.82, 2.24) is 9.97 Å². The van der Waals surface area contributed by atoms with Crippen molar-refractivity contribution in [2.45, 2.75) is 26.3 Å². The third-order valence-electron chi connectivity index (χ3n) is 4.02. The van der Waals surface area contributed by atoms with Crippen LogP contribution in [0.3, 0.4) is 0 Å². The van der Waals surface area contributed by atoms with E-state index in [9.17, 15) is 4.39 Å². The molecule has 114 valence electrons. The maximum atomic E-state index is 13.0. The number of halogens is 2. The number of aromatic amines is 1. The van der Waals surface area contributed by atoms with Gasteiger partial charge in [-0.1, -0.05) is 23.7 Å². The van der Waals surface area contributed by atoms with Crippen molar-refractivity contribution in [2.24, 2.45) is 5.73 Å². The van der Waals surface area contributed by atoms with Gasteiger partial charge in [0.1, 0.15) is 11.0 Å². The monoisotopic (exact) mass is 317 g/mol. The predicted molar refractivity (Wildman–Crippen MR) is 87.6 cm³/mol. The Labute approximate surface area is 133 Å². The van der Waals surface area contributed by atoms with Crippen LogP contribution in [0, 0.1) is 19.7 Å². The first-order chi connectivity index (χ1) is 10.5. The van der Waals surface area contributed by atoms with Crippen LogP contribution in [0.4, 0.5) is 4.39 Å². The van der Waals surface area contributed by atoms with E-state index in [-0.39, 0.29) is 11.9 Å². The van der Waals surface area contributed by atoms with Gasteiger partial charge in [-0.25, -0.2) is 9.37 Å². The van der Waals surface area contributed by atoms with E-state index in [0.717, 1.165) is 33.4 Å². The fourth-order valence-corrected chi connectivity index (χ4v) is 2.88. The molecule has 1 unspecified atom stereocenters. The van der Waals surface area contributed by atoms with E-state index < -0.39 is 0 Å². The lowest BCUT2D eigenvalue weighted by Gasteiger charge is -2.13. The Morgan fingerprint density at radius 3 is 2.64 bits per heavy atom. The number of nitrogens with two attached hydrogens (primary N) is 1. The molecule has 3 rings (SSSR count). The highest BCUT2D eigenvalue weighted by atomic mass is 35.5. The quantitative estimate of drug-likeness (QED) is 0.711. The number of pyridine rings is 1. The van der Waals surface area contributed by atoms with E-state index in [0.29, 0.717) is 11.6 Å². The number of fused-ring (bicyclic) bond motifs is 1. The maximum absolute atomic E-state index is 13.0. The predicted octanol–water partition coefficient (Wildman–Crippen LogP) is 4.21. The highest BCUT2D eigenvalue weighted by molar-refractivity contribution is 6.30. The number of rotatable bonds is 3. The van der Waals surface area contributed by atoms with Crippen LogP contribution in [0.15, 0.2) is 30.3 Å². The number of hydrogen-bond donors (Lipinski definition) is 2. The molecule has 3 N–H and O–H groups in total. The van der Waals surface area contributed by atoms with Gasteiger partial charge in [-0.2, -0.15) is 0 Å². The van der Waals surface area contributed by atoms with Gasteiger partial charge in [-0.05, 0) is 49.6 Å². The molecule has 0 aliphatic heterocycles. The standard InChI is InChI=1S/C17H17ClFN3/c1-9-10(2)21-16-13(9)8-15(18)22-17(16)14(20)7-11-3-5-12(19)6-4-11/h3-6,8,14,21H,7,20H2,1-2H3. The average Bonchev–Trinajstić information content (AvgIpc) is 2.76. The highest BCUT2D eigenvalue weighted by Gasteiger charge is 2.17. The molecule has 0 aliphatic carbocycles. The van der Waals surface area contributed by atoms with Crippen LogP contribution in [0.1, 0.15) is 28.6 Å². The first-order valence-electron chi connectivity index (χ1n) is 7.11. The molecule has 0 radical (unpaired) electrons. The zero-order chi connectivity index (χ0) is 15.9. The summed E-state index contributed by atoms with van der Waals surface area (Å²) in [6, 6.07) is 7.88. The van der Waals surface area contributed by atoms with Gasteiger partial charge in [0, 0.05) is 11.1 Å². The molecular formula is C17H17ClFN3. The fourth-order valence-electron chi connectivity index (χ4n) is 2.68. The summed E-state index contributed by atoms with van der Waals surface area (Å²) in [4.78, 5) is 7.74. The van der Waals surface area contributed by atoms with Gasteiger partial charge in [-0.15, -0.1) is 0 Å². The molecule has 0 spiro atoms. The molecule has 22 heavy (non-hydrogen) atoms. The van der Waals surface area contributed by atoms with E-state index >= 15 is 0 Å². The number of nitrogens with zero attached hydrogens (tertiary/aromatic N) is 1. The third kappa shape index (κ3) is 2.72. The Bertz CT molecular complexity index is 824. The topological polar surface area (TPSA) is 54.7 Å². The van der Waals surface area contributed by atoms with Gasteiger partial charge in [0.15, 0.2) is 0 Å². The Morgan fingerprint density at radius 1 is 1.27 bits per heavy atom. The molecule has 0 bridgehead atoms. The minimum Gasteiger partial charge on any atom is -0.357 e. The largest absolute Gasteiger partial charge is 0.357 e. The zero-order valence-corrected chi connectivity index (χ0v) is 13.2. The van der Waals surface area contributed by atoms with Crippen LogP contribution in [-0.2, 0) is 6.42 Å². The first-order valence-corrected chi connectivity index (χ1v) is 7.49. The second-order valence-electron chi connectivity index (χ2n) is 5.56. The summed E-state index contributed by atoms with van der Waals surface area (Å²) in [6.07, 6.45) is 0.569. The van der Waals surface area contributed by atoms with Gasteiger partial charge in [-0.3, -0.25) is 0 Å².